The normalized spacial score (nSPS) is 23.1. The van der Waals surface area contributed by atoms with Crippen LogP contribution < -0.4 is 11.1 Å². The maximum atomic E-state index is 12.1. The first-order valence-corrected chi connectivity index (χ1v) is 6.88. The van der Waals surface area contributed by atoms with Crippen molar-refractivity contribution in [1.29, 1.82) is 0 Å². The minimum absolute atomic E-state index is 0.104. The Morgan fingerprint density at radius 1 is 1.37 bits per heavy atom. The van der Waals surface area contributed by atoms with Crippen molar-refractivity contribution in [3.8, 4) is 0 Å². The second-order valence-corrected chi connectivity index (χ2v) is 5.48. The number of carbonyl (C=O) groups excluding carboxylic acids is 1. The Morgan fingerprint density at radius 2 is 2.05 bits per heavy atom. The number of nitrogens with two attached hydrogens (primary N) is 1. The van der Waals surface area contributed by atoms with Crippen molar-refractivity contribution in [3.05, 3.63) is 29.3 Å². The molecule has 0 unspecified atom stereocenters. The molecule has 19 heavy (non-hydrogen) atoms. The van der Waals surface area contributed by atoms with Crippen LogP contribution in [0.15, 0.2) is 18.2 Å². The van der Waals surface area contributed by atoms with E-state index in [4.69, 9.17) is 5.73 Å². The molecule has 104 valence electrons. The highest BCUT2D eigenvalue weighted by molar-refractivity contribution is 5.99. The quantitative estimate of drug-likeness (QED) is 0.728. The molecule has 0 spiro atoms. The summed E-state index contributed by atoms with van der Waals surface area (Å²) < 4.78 is 0. The molecule has 0 atom stereocenters. The topological polar surface area (TPSA) is 75.4 Å². The van der Waals surface area contributed by atoms with Gasteiger partial charge in [0.05, 0.1) is 11.7 Å². The molecule has 1 aromatic rings. The number of hydrogen-bond acceptors (Lipinski definition) is 3. The van der Waals surface area contributed by atoms with Gasteiger partial charge < -0.3 is 16.2 Å². The van der Waals surface area contributed by atoms with Gasteiger partial charge in [-0.3, -0.25) is 4.79 Å². The van der Waals surface area contributed by atoms with Crippen molar-refractivity contribution in [2.24, 2.45) is 5.92 Å². The molecule has 4 N–H and O–H groups in total. The van der Waals surface area contributed by atoms with E-state index in [0.717, 1.165) is 31.2 Å². The highest BCUT2D eigenvalue weighted by atomic mass is 16.3. The lowest BCUT2D eigenvalue weighted by Crippen LogP contribution is -2.32. The van der Waals surface area contributed by atoms with E-state index in [2.05, 4.69) is 5.32 Å². The van der Waals surface area contributed by atoms with E-state index >= 15 is 0 Å². The Hall–Kier alpha value is -1.55. The number of aryl methyl sites for hydroxylation is 1. The maximum Gasteiger partial charge on any atom is 0.253 e. The molecular weight excluding hydrogens is 240 g/mol. The van der Waals surface area contributed by atoms with Gasteiger partial charge in [-0.05, 0) is 50.7 Å². The van der Waals surface area contributed by atoms with Crippen LogP contribution in [0.25, 0.3) is 0 Å². The summed E-state index contributed by atoms with van der Waals surface area (Å²) in [7, 11) is 0. The van der Waals surface area contributed by atoms with Crippen LogP contribution in [0.5, 0.6) is 0 Å². The van der Waals surface area contributed by atoms with Crippen molar-refractivity contribution in [3.63, 3.8) is 0 Å². The Morgan fingerprint density at radius 3 is 2.74 bits per heavy atom. The molecule has 0 heterocycles. The number of hydrogen-bond donors (Lipinski definition) is 3. The van der Waals surface area contributed by atoms with Crippen LogP contribution in [-0.2, 0) is 0 Å². The molecule has 0 saturated heterocycles. The number of benzene rings is 1. The van der Waals surface area contributed by atoms with Crippen molar-refractivity contribution >= 4 is 11.6 Å². The standard InChI is InChI=1S/C15H22N2O2/c1-10-2-7-14(16)13(8-10)15(19)17-9-11-3-5-12(18)6-4-11/h2,7-8,11-12,18H,3-6,9,16H2,1H3,(H,17,19). The van der Waals surface area contributed by atoms with Gasteiger partial charge in [0.25, 0.3) is 5.91 Å². The van der Waals surface area contributed by atoms with Gasteiger partial charge >= 0.3 is 0 Å². The third-order valence-electron chi connectivity index (χ3n) is 3.82. The van der Waals surface area contributed by atoms with Gasteiger partial charge in [0.2, 0.25) is 0 Å². The van der Waals surface area contributed by atoms with Crippen LogP contribution >= 0.6 is 0 Å². The van der Waals surface area contributed by atoms with E-state index in [0.29, 0.717) is 23.7 Å². The molecule has 0 aromatic heterocycles. The minimum atomic E-state index is -0.153. The summed E-state index contributed by atoms with van der Waals surface area (Å²) >= 11 is 0. The summed E-state index contributed by atoms with van der Waals surface area (Å²) in [4.78, 5) is 12.1. The first-order valence-electron chi connectivity index (χ1n) is 6.88. The molecular formula is C15H22N2O2. The molecule has 4 heteroatoms. The third kappa shape index (κ3) is 3.70. The van der Waals surface area contributed by atoms with E-state index in [1.54, 1.807) is 6.07 Å². The number of rotatable bonds is 3. The van der Waals surface area contributed by atoms with Crippen LogP contribution in [0.1, 0.15) is 41.6 Å². The predicted octanol–water partition coefficient (Wildman–Crippen LogP) is 1.86. The molecule has 0 aliphatic heterocycles. The summed E-state index contributed by atoms with van der Waals surface area (Å²) in [5, 5.41) is 12.4. The van der Waals surface area contributed by atoms with E-state index < -0.39 is 0 Å². The van der Waals surface area contributed by atoms with E-state index in [1.165, 1.54) is 0 Å². The number of aliphatic hydroxyl groups excluding tert-OH is 1. The number of anilines is 1. The van der Waals surface area contributed by atoms with Crippen LogP contribution in [0.2, 0.25) is 0 Å². The molecule has 4 nitrogen and oxygen atoms in total. The van der Waals surface area contributed by atoms with Gasteiger partial charge in [-0.2, -0.15) is 0 Å². The zero-order valence-electron chi connectivity index (χ0n) is 11.4. The summed E-state index contributed by atoms with van der Waals surface area (Å²) in [5.74, 6) is 0.366. The lowest BCUT2D eigenvalue weighted by molar-refractivity contribution is 0.0911. The average molecular weight is 262 g/mol. The first-order chi connectivity index (χ1) is 9.06. The molecule has 1 aliphatic carbocycles. The Labute approximate surface area is 114 Å². The largest absolute Gasteiger partial charge is 0.398 e. The summed E-state index contributed by atoms with van der Waals surface area (Å²) in [6.07, 6.45) is 3.48. The summed E-state index contributed by atoms with van der Waals surface area (Å²) in [5.41, 5.74) is 7.92. The number of nitrogen functional groups attached to an aromatic ring is 1. The second-order valence-electron chi connectivity index (χ2n) is 5.48. The van der Waals surface area contributed by atoms with Crippen molar-refractivity contribution < 1.29 is 9.90 Å². The average Bonchev–Trinajstić information content (AvgIpc) is 2.40. The molecule has 1 saturated carbocycles. The minimum Gasteiger partial charge on any atom is -0.398 e. The van der Waals surface area contributed by atoms with Crippen LogP contribution in [0.3, 0.4) is 0 Å². The SMILES string of the molecule is Cc1ccc(N)c(C(=O)NCC2CCC(O)CC2)c1. The number of aliphatic hydroxyl groups is 1. The van der Waals surface area contributed by atoms with Crippen molar-refractivity contribution in [2.75, 3.05) is 12.3 Å². The van der Waals surface area contributed by atoms with Gasteiger partial charge in [0.15, 0.2) is 0 Å². The van der Waals surface area contributed by atoms with Crippen molar-refractivity contribution in [2.45, 2.75) is 38.7 Å². The lowest BCUT2D eigenvalue weighted by Gasteiger charge is -2.25. The highest BCUT2D eigenvalue weighted by Gasteiger charge is 2.20. The smallest absolute Gasteiger partial charge is 0.253 e. The molecule has 1 aromatic carbocycles. The van der Waals surface area contributed by atoms with E-state index in [-0.39, 0.29) is 12.0 Å². The molecule has 0 bridgehead atoms. The fraction of sp³-hybridized carbons (Fsp3) is 0.533. The second kappa shape index (κ2) is 6.06. The van der Waals surface area contributed by atoms with E-state index in [1.807, 2.05) is 19.1 Å². The Bertz CT molecular complexity index is 451. The zero-order chi connectivity index (χ0) is 13.8. The van der Waals surface area contributed by atoms with E-state index in [9.17, 15) is 9.90 Å². The predicted molar refractivity (Wildman–Crippen MR) is 75.9 cm³/mol. The molecule has 1 aliphatic rings. The number of amides is 1. The molecule has 2 rings (SSSR count). The monoisotopic (exact) mass is 262 g/mol. The van der Waals surface area contributed by atoms with Gasteiger partial charge in [0, 0.05) is 12.2 Å². The molecule has 0 radical (unpaired) electrons. The fourth-order valence-electron chi connectivity index (χ4n) is 2.55. The molecule has 1 fully saturated rings. The Kier molecular flexibility index (Phi) is 4.43. The maximum absolute atomic E-state index is 12.1. The number of carbonyl (C=O) groups is 1. The fourth-order valence-corrected chi connectivity index (χ4v) is 2.55. The van der Waals surface area contributed by atoms with Gasteiger partial charge in [-0.15, -0.1) is 0 Å². The van der Waals surface area contributed by atoms with Gasteiger partial charge in [-0.1, -0.05) is 11.6 Å². The highest BCUT2D eigenvalue weighted by Crippen LogP contribution is 2.23. The van der Waals surface area contributed by atoms with Crippen LogP contribution in [0, 0.1) is 12.8 Å². The zero-order valence-corrected chi connectivity index (χ0v) is 11.4. The summed E-state index contributed by atoms with van der Waals surface area (Å²) in [6, 6.07) is 5.48. The lowest BCUT2D eigenvalue weighted by atomic mass is 9.87. The molecule has 1 amide bonds. The van der Waals surface area contributed by atoms with Crippen LogP contribution in [0.4, 0.5) is 5.69 Å². The summed E-state index contributed by atoms with van der Waals surface area (Å²) in [6.45, 7) is 2.61. The van der Waals surface area contributed by atoms with Crippen LogP contribution in [-0.4, -0.2) is 23.7 Å². The third-order valence-corrected chi connectivity index (χ3v) is 3.82. The van der Waals surface area contributed by atoms with Gasteiger partial charge in [0.1, 0.15) is 0 Å². The van der Waals surface area contributed by atoms with Gasteiger partial charge in [-0.25, -0.2) is 0 Å². The Balaban J connectivity index is 1.89. The van der Waals surface area contributed by atoms with Crippen molar-refractivity contribution in [1.82, 2.24) is 5.32 Å². The first kappa shape index (κ1) is 13.9. The number of nitrogens with one attached hydrogen (secondary N) is 1.